The third-order valence-corrected chi connectivity index (χ3v) is 19.8. The van der Waals surface area contributed by atoms with E-state index in [2.05, 4.69) is 16.0 Å². The number of anilines is 4. The van der Waals surface area contributed by atoms with E-state index in [-0.39, 0.29) is 56.8 Å². The van der Waals surface area contributed by atoms with E-state index in [1.54, 1.807) is 182 Å². The Morgan fingerprint density at radius 2 is 0.758 bits per heavy atom. The standard InChI is InChI=1S/C43H26N2O9S2.C23H15NO5S2.C9H7NO2/c46-26-12-15-29-35(21-26)53-36-22-27(47)13-16-30(36)40(29)28-14-10-25(20-33(28)43(51)52)45-42(50)32-6-2-4-8-38(32)56-55-37-7-3-1-5-31(37)41(49)44-24-11-17-34-23(19-24)9-18-39(48)54-34;25-21-12-9-14-13-15(10-11-18(14)29-21)24-22(26)16-5-1-3-7-19(16)30-31-20-8-4-2-6-17(20)23(27)28;10-7-2-3-8-6(5-7)1-4-9(11)12-8/h1-22,46H,(H,44,49)(H,45,50)(H,51,52);1-13H,(H,24,26)(H,27,28);1-5H,10H2. The number of phenolic OH excluding ortho intramolecular Hbond substituents is 1. The smallest absolute Gasteiger partial charge is 0.336 e. The summed E-state index contributed by atoms with van der Waals surface area (Å²) in [6.07, 6.45) is 0. The molecule has 0 saturated heterocycles. The van der Waals surface area contributed by atoms with E-state index in [0.29, 0.717) is 103 Å². The van der Waals surface area contributed by atoms with Crippen LogP contribution >= 0.6 is 43.2 Å². The summed E-state index contributed by atoms with van der Waals surface area (Å²) in [6, 6.07) is 65.1. The summed E-state index contributed by atoms with van der Waals surface area (Å²) in [5.74, 6) is -3.23. The topological polar surface area (TPSA) is 329 Å². The fourth-order valence-corrected chi connectivity index (χ4v) is 14.9. The Labute approximate surface area is 574 Å². The molecule has 1 aliphatic carbocycles. The summed E-state index contributed by atoms with van der Waals surface area (Å²) in [6.45, 7) is 0. The zero-order chi connectivity index (χ0) is 69.3. The molecule has 2 aliphatic rings. The van der Waals surface area contributed by atoms with Gasteiger partial charge in [-0.2, -0.15) is 0 Å². The van der Waals surface area contributed by atoms with Crippen molar-refractivity contribution in [2.24, 2.45) is 0 Å². The average Bonchev–Trinajstić information content (AvgIpc) is 0.753. The highest BCUT2D eigenvalue weighted by Gasteiger charge is 2.24. The monoisotopic (exact) mass is 1390 g/mol. The zero-order valence-electron chi connectivity index (χ0n) is 51.0. The van der Waals surface area contributed by atoms with Crippen molar-refractivity contribution in [2.75, 3.05) is 21.7 Å². The number of carboxylic acids is 2. The Balaban J connectivity index is 0.000000179. The lowest BCUT2D eigenvalue weighted by Gasteiger charge is -2.17. The largest absolute Gasteiger partial charge is 0.508 e. The normalized spacial score (nSPS) is 10.9. The van der Waals surface area contributed by atoms with E-state index in [0.717, 1.165) is 5.39 Å². The molecule has 0 unspecified atom stereocenters. The molecular formula is C75H48N4O16S4. The summed E-state index contributed by atoms with van der Waals surface area (Å²) in [7, 11) is 5.18. The highest BCUT2D eigenvalue weighted by Crippen LogP contribution is 2.45. The second kappa shape index (κ2) is 29.7. The average molecular weight is 1390 g/mol. The second-order valence-electron chi connectivity index (χ2n) is 21.4. The Hall–Kier alpha value is -12.4. The number of benzene rings is 10. The van der Waals surface area contributed by atoms with Crippen molar-refractivity contribution in [3.63, 3.8) is 0 Å². The Morgan fingerprint density at radius 1 is 0.354 bits per heavy atom. The number of amides is 3. The molecule has 3 aromatic heterocycles. The minimum Gasteiger partial charge on any atom is -0.508 e. The second-order valence-corrected chi connectivity index (χ2v) is 25.9. The van der Waals surface area contributed by atoms with Crippen molar-refractivity contribution in [1.29, 1.82) is 0 Å². The fraction of sp³-hybridized carbons (Fsp3) is 0. The quantitative estimate of drug-likeness (QED) is 0.0217. The van der Waals surface area contributed by atoms with Crippen LogP contribution < -0.4 is 44.0 Å². The van der Waals surface area contributed by atoms with E-state index in [4.69, 9.17) is 23.4 Å². The number of hydrogen-bond acceptors (Lipinski definition) is 19. The van der Waals surface area contributed by atoms with E-state index < -0.39 is 29.1 Å². The number of hydrogen-bond donors (Lipinski definition) is 7. The van der Waals surface area contributed by atoms with Gasteiger partial charge in [0.15, 0.2) is 5.43 Å². The van der Waals surface area contributed by atoms with Crippen LogP contribution in [0.1, 0.15) is 51.8 Å². The van der Waals surface area contributed by atoms with Crippen LogP contribution in [-0.2, 0) is 0 Å². The highest BCUT2D eigenvalue weighted by atomic mass is 33.1. The number of rotatable bonds is 15. The summed E-state index contributed by atoms with van der Waals surface area (Å²) in [5, 5.41) is 41.1. The van der Waals surface area contributed by atoms with Gasteiger partial charge in [0.25, 0.3) is 17.7 Å². The summed E-state index contributed by atoms with van der Waals surface area (Å²) in [5.41, 5.74) is 10.2. The summed E-state index contributed by atoms with van der Waals surface area (Å²) in [4.78, 5) is 113. The van der Waals surface area contributed by atoms with E-state index in [9.17, 15) is 58.5 Å². The van der Waals surface area contributed by atoms with Gasteiger partial charge < -0.3 is 54.7 Å². The van der Waals surface area contributed by atoms with Crippen molar-refractivity contribution in [3.8, 4) is 28.2 Å². The molecule has 1 aliphatic heterocycles. The van der Waals surface area contributed by atoms with Gasteiger partial charge in [-0.3, -0.25) is 19.2 Å². The van der Waals surface area contributed by atoms with Gasteiger partial charge in [-0.25, -0.2) is 24.0 Å². The van der Waals surface area contributed by atoms with E-state index in [1.807, 2.05) is 12.1 Å². The predicted octanol–water partition coefficient (Wildman–Crippen LogP) is 16.3. The molecule has 99 heavy (non-hydrogen) atoms. The molecule has 488 valence electrons. The zero-order valence-corrected chi connectivity index (χ0v) is 54.2. The number of carboxylic acid groups (broad SMARTS) is 2. The van der Waals surface area contributed by atoms with Crippen molar-refractivity contribution < 1.29 is 57.0 Å². The number of nitrogen functional groups attached to an aromatic ring is 1. The Kier molecular flexibility index (Phi) is 20.0. The fourth-order valence-electron chi connectivity index (χ4n) is 10.2. The van der Waals surface area contributed by atoms with Crippen LogP contribution in [0.5, 0.6) is 5.75 Å². The third-order valence-electron chi connectivity index (χ3n) is 14.8. The molecule has 20 nitrogen and oxygen atoms in total. The van der Waals surface area contributed by atoms with Crippen molar-refractivity contribution >= 4 is 139 Å². The van der Waals surface area contributed by atoms with Crippen LogP contribution in [0.4, 0.5) is 22.7 Å². The molecule has 0 bridgehead atoms. The first-order valence-electron chi connectivity index (χ1n) is 29.5. The van der Waals surface area contributed by atoms with Gasteiger partial charge in [-0.05, 0) is 163 Å². The van der Waals surface area contributed by atoms with Crippen LogP contribution in [0.2, 0.25) is 0 Å². The minimum absolute atomic E-state index is 0.0656. The number of nitrogens with one attached hydrogen (secondary N) is 3. The lowest BCUT2D eigenvalue weighted by molar-refractivity contribution is 0.0684. The van der Waals surface area contributed by atoms with Crippen molar-refractivity contribution in [3.05, 3.63) is 312 Å². The Morgan fingerprint density at radius 3 is 1.23 bits per heavy atom. The highest BCUT2D eigenvalue weighted by molar-refractivity contribution is 8.77. The molecule has 9 aromatic carbocycles. The van der Waals surface area contributed by atoms with Crippen molar-refractivity contribution in [2.45, 2.75) is 19.6 Å². The molecule has 4 heterocycles. The molecule has 24 heteroatoms. The molecule has 0 saturated carbocycles. The summed E-state index contributed by atoms with van der Waals surface area (Å²) < 4.78 is 21.1. The molecule has 3 amide bonds. The number of nitrogens with two attached hydrogens (primary N) is 1. The number of aromatic carboxylic acids is 2. The third kappa shape index (κ3) is 15.8. The molecule has 0 radical (unpaired) electrons. The van der Waals surface area contributed by atoms with Gasteiger partial charge >= 0.3 is 28.8 Å². The first kappa shape index (κ1) is 66.7. The number of fused-ring (bicyclic) bond motifs is 5. The number of carbonyl (C=O) groups excluding carboxylic acids is 3. The maximum absolute atomic E-state index is 13.8. The van der Waals surface area contributed by atoms with Gasteiger partial charge in [0, 0.05) is 105 Å². The summed E-state index contributed by atoms with van der Waals surface area (Å²) >= 11 is 0. The first-order chi connectivity index (χ1) is 47.9. The van der Waals surface area contributed by atoms with Gasteiger partial charge in [0.1, 0.15) is 33.8 Å². The maximum atomic E-state index is 13.8. The molecule has 8 N–H and O–H groups in total. The van der Waals surface area contributed by atoms with Gasteiger partial charge in [0.05, 0.1) is 27.8 Å². The van der Waals surface area contributed by atoms with E-state index >= 15 is 0 Å². The van der Waals surface area contributed by atoms with Crippen LogP contribution in [0, 0.1) is 0 Å². The molecule has 0 atom stereocenters. The molecular weight excluding hydrogens is 1340 g/mol. The Bertz CT molecular complexity index is 5750. The van der Waals surface area contributed by atoms with E-state index in [1.165, 1.54) is 91.7 Å². The first-order valence-corrected chi connectivity index (χ1v) is 33.8. The predicted molar refractivity (Wildman–Crippen MR) is 385 cm³/mol. The van der Waals surface area contributed by atoms with Gasteiger partial charge in [-0.1, -0.05) is 97.8 Å². The van der Waals surface area contributed by atoms with Crippen molar-refractivity contribution in [1.82, 2.24) is 0 Å². The molecule has 0 fully saturated rings. The SMILES string of the molecule is Nc1ccc2oc(=O)ccc2c1.O=C(Nc1ccc(-c2c3ccc(=O)cc-3oc3cc(O)ccc23)c(C(=O)O)c1)c1ccccc1SSc1ccccc1C(=O)Nc1ccc2oc(=O)ccc2c1.O=C(O)c1ccccc1SSc1ccccc1C(=O)Nc1ccc2oc(=O)ccc2c1. The number of aromatic hydroxyl groups is 1. The lowest BCUT2D eigenvalue weighted by atomic mass is 9.90. The lowest BCUT2D eigenvalue weighted by Crippen LogP contribution is -2.14. The molecule has 12 aromatic rings. The van der Waals surface area contributed by atoms with Crippen LogP contribution in [0.25, 0.3) is 66.3 Å². The molecule has 14 rings (SSSR count). The van der Waals surface area contributed by atoms with Crippen LogP contribution in [0.15, 0.2) is 299 Å². The van der Waals surface area contributed by atoms with Gasteiger partial charge in [-0.15, -0.1) is 0 Å². The maximum Gasteiger partial charge on any atom is 0.336 e. The van der Waals surface area contributed by atoms with Crippen LogP contribution in [0.3, 0.4) is 0 Å². The number of carbonyl (C=O) groups is 5. The number of phenols is 1. The van der Waals surface area contributed by atoms with Crippen LogP contribution in [-0.4, -0.2) is 45.0 Å². The minimum atomic E-state index is -1.25. The molecule has 0 spiro atoms. The van der Waals surface area contributed by atoms with Gasteiger partial charge in [0.2, 0.25) is 0 Å².